The third kappa shape index (κ3) is 8.83. The van der Waals surface area contributed by atoms with Crippen LogP contribution in [0.2, 0.25) is 0 Å². The van der Waals surface area contributed by atoms with Crippen LogP contribution in [0.4, 0.5) is 0 Å². The molecule has 0 aliphatic carbocycles. The number of nitrogens with two attached hydrogens (primary N) is 1. The number of rotatable bonds is 7. The van der Waals surface area contributed by atoms with Crippen LogP contribution >= 0.6 is 12.4 Å². The van der Waals surface area contributed by atoms with Gasteiger partial charge in [-0.3, -0.25) is 9.59 Å². The van der Waals surface area contributed by atoms with Crippen LogP contribution in [-0.4, -0.2) is 55.8 Å². The topological polar surface area (TPSA) is 66.6 Å². The normalized spacial score (nSPS) is 10.6. The van der Waals surface area contributed by atoms with Crippen LogP contribution in [0.15, 0.2) is 0 Å². The van der Waals surface area contributed by atoms with E-state index in [4.69, 9.17) is 5.73 Å². The van der Waals surface area contributed by atoms with Crippen LogP contribution in [0.1, 0.15) is 33.1 Å². The van der Waals surface area contributed by atoms with E-state index >= 15 is 0 Å². The van der Waals surface area contributed by atoms with E-state index in [1.807, 2.05) is 13.8 Å². The number of nitrogens with zero attached hydrogens (tertiary/aromatic N) is 2. The second kappa shape index (κ2) is 9.15. The van der Waals surface area contributed by atoms with Gasteiger partial charge in [0.25, 0.3) is 0 Å². The third-order valence-corrected chi connectivity index (χ3v) is 2.92. The first-order valence-electron chi connectivity index (χ1n) is 6.34. The molecule has 0 bridgehead atoms. The first kappa shape index (κ1) is 20.5. The summed E-state index contributed by atoms with van der Waals surface area (Å²) < 4.78 is 0. The van der Waals surface area contributed by atoms with E-state index in [-0.39, 0.29) is 29.6 Å². The van der Waals surface area contributed by atoms with Gasteiger partial charge in [-0.25, -0.2) is 0 Å². The summed E-state index contributed by atoms with van der Waals surface area (Å²) in [5, 5.41) is 0. The second-order valence-electron chi connectivity index (χ2n) is 5.76. The Kier molecular flexibility index (Phi) is 9.88. The molecule has 2 amide bonds. The lowest BCUT2D eigenvalue weighted by Crippen LogP contribution is -2.39. The smallest absolute Gasteiger partial charge is 0.222 e. The Morgan fingerprint density at radius 1 is 1.05 bits per heavy atom. The van der Waals surface area contributed by atoms with Crippen LogP contribution in [-0.2, 0) is 9.59 Å². The number of hydrogen-bond acceptors (Lipinski definition) is 3. The van der Waals surface area contributed by atoms with Crippen molar-refractivity contribution in [2.75, 3.05) is 34.2 Å². The van der Waals surface area contributed by atoms with Crippen molar-refractivity contribution < 1.29 is 9.59 Å². The molecule has 0 aliphatic heterocycles. The maximum absolute atomic E-state index is 11.8. The van der Waals surface area contributed by atoms with Gasteiger partial charge in [0.15, 0.2) is 0 Å². The SMILES string of the molecule is CN(C)C(=O)CCCC(=O)N(C)CC(C)(C)CN.Cl. The highest BCUT2D eigenvalue weighted by Gasteiger charge is 2.20. The lowest BCUT2D eigenvalue weighted by Gasteiger charge is -2.29. The maximum atomic E-state index is 11.8. The first-order chi connectivity index (χ1) is 8.19. The molecule has 0 saturated carbocycles. The lowest BCUT2D eigenvalue weighted by molar-refractivity contribution is -0.131. The van der Waals surface area contributed by atoms with Gasteiger partial charge >= 0.3 is 0 Å². The highest BCUT2D eigenvalue weighted by atomic mass is 35.5. The van der Waals surface area contributed by atoms with E-state index in [2.05, 4.69) is 0 Å². The molecule has 0 aromatic heterocycles. The number of amides is 2. The number of carbonyl (C=O) groups excluding carboxylic acids is 2. The minimum atomic E-state index is -0.0656. The lowest BCUT2D eigenvalue weighted by atomic mass is 9.93. The van der Waals surface area contributed by atoms with E-state index in [0.717, 1.165) is 0 Å². The van der Waals surface area contributed by atoms with Gasteiger partial charge in [-0.1, -0.05) is 13.8 Å². The average Bonchev–Trinajstić information content (AvgIpc) is 2.27. The van der Waals surface area contributed by atoms with Gasteiger partial charge in [0.1, 0.15) is 0 Å². The second-order valence-corrected chi connectivity index (χ2v) is 5.76. The molecule has 0 spiro atoms. The average molecular weight is 294 g/mol. The Bertz CT molecular complexity index is 294. The highest BCUT2D eigenvalue weighted by Crippen LogP contribution is 2.14. The largest absolute Gasteiger partial charge is 0.349 e. The minimum Gasteiger partial charge on any atom is -0.349 e. The Morgan fingerprint density at radius 2 is 1.53 bits per heavy atom. The fraction of sp³-hybridized carbons (Fsp3) is 0.846. The molecule has 0 rings (SSSR count). The zero-order valence-electron chi connectivity index (χ0n) is 12.7. The fourth-order valence-electron chi connectivity index (χ4n) is 1.60. The van der Waals surface area contributed by atoms with Gasteiger partial charge in [-0.05, 0) is 18.4 Å². The molecule has 0 unspecified atom stereocenters. The van der Waals surface area contributed by atoms with Crippen LogP contribution in [0.5, 0.6) is 0 Å². The van der Waals surface area contributed by atoms with Gasteiger partial charge in [0.2, 0.25) is 11.8 Å². The molecule has 0 aromatic carbocycles. The molecule has 0 radical (unpaired) electrons. The van der Waals surface area contributed by atoms with Crippen molar-refractivity contribution in [3.63, 3.8) is 0 Å². The molecule has 0 fully saturated rings. The molecule has 0 atom stereocenters. The molecule has 0 heterocycles. The summed E-state index contributed by atoms with van der Waals surface area (Å²) in [7, 11) is 5.23. The van der Waals surface area contributed by atoms with Crippen LogP contribution < -0.4 is 5.73 Å². The van der Waals surface area contributed by atoms with Crippen molar-refractivity contribution in [2.24, 2.45) is 11.1 Å². The van der Waals surface area contributed by atoms with Crippen molar-refractivity contribution in [1.29, 1.82) is 0 Å². The van der Waals surface area contributed by atoms with E-state index in [0.29, 0.717) is 32.4 Å². The van der Waals surface area contributed by atoms with Crippen molar-refractivity contribution in [1.82, 2.24) is 9.80 Å². The zero-order valence-corrected chi connectivity index (χ0v) is 13.5. The number of carbonyl (C=O) groups is 2. The summed E-state index contributed by atoms with van der Waals surface area (Å²) in [6, 6.07) is 0. The molecule has 6 heteroatoms. The van der Waals surface area contributed by atoms with Gasteiger partial charge < -0.3 is 15.5 Å². The minimum absolute atomic E-state index is 0. The van der Waals surface area contributed by atoms with Crippen molar-refractivity contribution >= 4 is 24.2 Å². The third-order valence-electron chi connectivity index (χ3n) is 2.92. The Morgan fingerprint density at radius 3 is 1.95 bits per heavy atom. The van der Waals surface area contributed by atoms with Gasteiger partial charge in [0.05, 0.1) is 0 Å². The molecule has 5 nitrogen and oxygen atoms in total. The molecule has 0 saturated heterocycles. The molecular weight excluding hydrogens is 266 g/mol. The maximum Gasteiger partial charge on any atom is 0.222 e. The number of hydrogen-bond donors (Lipinski definition) is 1. The summed E-state index contributed by atoms with van der Waals surface area (Å²) >= 11 is 0. The van der Waals surface area contributed by atoms with E-state index in [9.17, 15) is 9.59 Å². The van der Waals surface area contributed by atoms with E-state index in [1.165, 1.54) is 0 Å². The Hall–Kier alpha value is -0.810. The molecule has 0 aliphatic rings. The van der Waals surface area contributed by atoms with Gasteiger partial charge in [-0.2, -0.15) is 0 Å². The monoisotopic (exact) mass is 293 g/mol. The zero-order chi connectivity index (χ0) is 14.3. The van der Waals surface area contributed by atoms with E-state index in [1.54, 1.807) is 30.9 Å². The highest BCUT2D eigenvalue weighted by molar-refractivity contribution is 5.85. The summed E-state index contributed by atoms with van der Waals surface area (Å²) in [5.41, 5.74) is 5.57. The van der Waals surface area contributed by atoms with Gasteiger partial charge in [-0.15, -0.1) is 12.4 Å². The summed E-state index contributed by atoms with van der Waals surface area (Å²) in [4.78, 5) is 26.5. The molecule has 19 heavy (non-hydrogen) atoms. The Labute approximate surface area is 122 Å². The quantitative estimate of drug-likeness (QED) is 0.765. The molecule has 2 N–H and O–H groups in total. The summed E-state index contributed by atoms with van der Waals surface area (Å²) in [6.45, 7) is 5.26. The first-order valence-corrected chi connectivity index (χ1v) is 6.34. The summed E-state index contributed by atoms with van der Waals surface area (Å²) in [5.74, 6) is 0.135. The van der Waals surface area contributed by atoms with Crippen molar-refractivity contribution in [2.45, 2.75) is 33.1 Å². The van der Waals surface area contributed by atoms with Crippen molar-refractivity contribution in [3.05, 3.63) is 0 Å². The Balaban J connectivity index is 0. The van der Waals surface area contributed by atoms with Crippen LogP contribution in [0.25, 0.3) is 0 Å². The number of halogens is 1. The predicted molar refractivity (Wildman–Crippen MR) is 80.3 cm³/mol. The predicted octanol–water partition coefficient (Wildman–Crippen LogP) is 1.11. The van der Waals surface area contributed by atoms with E-state index < -0.39 is 0 Å². The van der Waals surface area contributed by atoms with Gasteiger partial charge in [0, 0.05) is 40.5 Å². The van der Waals surface area contributed by atoms with Crippen molar-refractivity contribution in [3.8, 4) is 0 Å². The molecule has 0 aromatic rings. The summed E-state index contributed by atoms with van der Waals surface area (Å²) in [6.07, 6.45) is 1.44. The van der Waals surface area contributed by atoms with Crippen LogP contribution in [0.3, 0.4) is 0 Å². The molecule has 114 valence electrons. The van der Waals surface area contributed by atoms with Crippen LogP contribution in [0, 0.1) is 5.41 Å². The fourth-order valence-corrected chi connectivity index (χ4v) is 1.60. The standard InChI is InChI=1S/C13H27N3O2.ClH/c1-13(2,9-14)10-16(5)12(18)8-6-7-11(17)15(3)4;/h6-10,14H2,1-5H3;1H. The molecular formula is C13H28ClN3O2.